The molecule has 0 aliphatic heterocycles. The molecule has 0 heterocycles. The number of carbonyl (C=O) groups is 2. The van der Waals surface area contributed by atoms with Crippen LogP contribution >= 0.6 is 0 Å². The normalized spacial score (nSPS) is 10.3. The zero-order valence-corrected chi connectivity index (χ0v) is 14.5. The molecule has 0 saturated heterocycles. The number of benzene rings is 2. The second-order valence-corrected chi connectivity index (χ2v) is 5.66. The molecule has 0 aliphatic rings. The minimum Gasteiger partial charge on any atom is -0.496 e. The molecule has 25 heavy (non-hydrogen) atoms. The average Bonchev–Trinajstić information content (AvgIpc) is 2.64. The monoisotopic (exact) mass is 342 g/mol. The van der Waals surface area contributed by atoms with E-state index in [1.54, 1.807) is 25.3 Å². The number of rotatable bonds is 9. The Kier molecular flexibility index (Phi) is 6.57. The summed E-state index contributed by atoms with van der Waals surface area (Å²) in [5.41, 5.74) is 2.28. The van der Waals surface area contributed by atoms with Gasteiger partial charge in [0.25, 0.3) is 0 Å². The number of aryl methyl sites for hydroxylation is 2. The average molecular weight is 342 g/mol. The molecule has 0 radical (unpaired) electrons. The summed E-state index contributed by atoms with van der Waals surface area (Å²) in [6, 6.07) is 12.8. The molecular weight excluding hydrogens is 320 g/mol. The van der Waals surface area contributed by atoms with Gasteiger partial charge < -0.3 is 14.6 Å². The quantitative estimate of drug-likeness (QED) is 0.706. The largest absolute Gasteiger partial charge is 0.496 e. The first kappa shape index (κ1) is 18.5. The van der Waals surface area contributed by atoms with Crippen molar-refractivity contribution in [1.82, 2.24) is 0 Å². The second-order valence-electron chi connectivity index (χ2n) is 5.66. The lowest BCUT2D eigenvalue weighted by atomic mass is 9.98. The molecule has 0 fully saturated rings. The molecular formula is C20H22O5. The molecule has 1 N–H and O–H groups in total. The molecule has 0 bridgehead atoms. The Morgan fingerprint density at radius 3 is 2.20 bits per heavy atom. The van der Waals surface area contributed by atoms with Gasteiger partial charge in [-0.25, -0.2) is 0 Å². The lowest BCUT2D eigenvalue weighted by Gasteiger charge is -2.11. The van der Waals surface area contributed by atoms with Crippen LogP contribution in [-0.4, -0.2) is 31.1 Å². The summed E-state index contributed by atoms with van der Waals surface area (Å²) in [4.78, 5) is 23.3. The highest BCUT2D eigenvalue weighted by atomic mass is 16.5. The Morgan fingerprint density at radius 2 is 1.52 bits per heavy atom. The van der Waals surface area contributed by atoms with Gasteiger partial charge in [0.1, 0.15) is 11.5 Å². The summed E-state index contributed by atoms with van der Waals surface area (Å²) in [6.07, 6.45) is 1.26. The van der Waals surface area contributed by atoms with E-state index in [1.807, 2.05) is 24.3 Å². The number of hydrogen-bond acceptors (Lipinski definition) is 4. The molecule has 0 aliphatic carbocycles. The molecule has 2 aromatic rings. The van der Waals surface area contributed by atoms with Crippen molar-refractivity contribution in [2.45, 2.75) is 25.7 Å². The summed E-state index contributed by atoms with van der Waals surface area (Å²) >= 11 is 0. The van der Waals surface area contributed by atoms with Crippen molar-refractivity contribution in [2.24, 2.45) is 0 Å². The van der Waals surface area contributed by atoms with Crippen molar-refractivity contribution >= 4 is 11.8 Å². The van der Waals surface area contributed by atoms with Crippen LogP contribution in [0.1, 0.15) is 34.3 Å². The summed E-state index contributed by atoms with van der Waals surface area (Å²) < 4.78 is 10.6. The van der Waals surface area contributed by atoms with Gasteiger partial charge in [-0.05, 0) is 48.2 Å². The van der Waals surface area contributed by atoms with Crippen LogP contribution in [-0.2, 0) is 17.6 Å². The van der Waals surface area contributed by atoms with E-state index in [9.17, 15) is 9.59 Å². The summed E-state index contributed by atoms with van der Waals surface area (Å²) in [5, 5.41) is 8.86. The summed E-state index contributed by atoms with van der Waals surface area (Å²) in [6.45, 7) is 0. The van der Waals surface area contributed by atoms with E-state index in [0.29, 0.717) is 30.6 Å². The number of hydrogen-bond donors (Lipinski definition) is 1. The number of Topliss-reactive ketones (excluding diaryl/α,β-unsaturated/α-hetero) is 1. The standard InChI is InChI=1S/C20H22O5/c1-24-18-6-4-3-5-14(18)7-10-17(21)15-8-11-19(25-2)16(13-15)9-12-20(22)23/h3-6,8,11,13H,7,9-10,12H2,1-2H3,(H,22,23). The molecule has 2 rings (SSSR count). The number of carboxylic acids is 1. The minimum absolute atomic E-state index is 0.00474. The second kappa shape index (κ2) is 8.87. The maximum Gasteiger partial charge on any atom is 0.303 e. The maximum absolute atomic E-state index is 12.5. The van der Waals surface area contributed by atoms with E-state index < -0.39 is 5.97 Å². The van der Waals surface area contributed by atoms with Crippen LogP contribution in [0.5, 0.6) is 11.5 Å². The molecule has 0 spiro atoms. The number of para-hydroxylation sites is 1. The Bertz CT molecular complexity index is 752. The topological polar surface area (TPSA) is 72.8 Å². The predicted octanol–water partition coefficient (Wildman–Crippen LogP) is 3.54. The van der Waals surface area contributed by atoms with Crippen LogP contribution in [0.15, 0.2) is 42.5 Å². The molecule has 2 aromatic carbocycles. The van der Waals surface area contributed by atoms with E-state index in [2.05, 4.69) is 0 Å². The number of methoxy groups -OCH3 is 2. The Morgan fingerprint density at radius 1 is 0.880 bits per heavy atom. The first-order chi connectivity index (χ1) is 12.0. The van der Waals surface area contributed by atoms with Crippen LogP contribution in [0, 0.1) is 0 Å². The third-order valence-electron chi connectivity index (χ3n) is 4.02. The van der Waals surface area contributed by atoms with Crippen molar-refractivity contribution < 1.29 is 24.2 Å². The van der Waals surface area contributed by atoms with Crippen molar-refractivity contribution in [2.75, 3.05) is 14.2 Å². The Hall–Kier alpha value is -2.82. The molecule has 0 atom stereocenters. The third-order valence-corrected chi connectivity index (χ3v) is 4.02. The Balaban J connectivity index is 2.10. The molecule has 0 unspecified atom stereocenters. The minimum atomic E-state index is -0.880. The number of carbonyl (C=O) groups excluding carboxylic acids is 1. The van der Waals surface area contributed by atoms with E-state index in [4.69, 9.17) is 14.6 Å². The SMILES string of the molecule is COc1ccc(C(=O)CCc2ccccc2OC)cc1CCC(=O)O. The molecule has 132 valence electrons. The van der Waals surface area contributed by atoms with Gasteiger partial charge in [-0.15, -0.1) is 0 Å². The fraction of sp³-hybridized carbons (Fsp3) is 0.300. The highest BCUT2D eigenvalue weighted by Crippen LogP contribution is 2.24. The van der Waals surface area contributed by atoms with Gasteiger partial charge >= 0.3 is 5.97 Å². The van der Waals surface area contributed by atoms with Gasteiger partial charge in [-0.1, -0.05) is 18.2 Å². The van der Waals surface area contributed by atoms with Crippen LogP contribution < -0.4 is 9.47 Å². The van der Waals surface area contributed by atoms with Gasteiger partial charge in [0.15, 0.2) is 5.78 Å². The zero-order valence-electron chi connectivity index (χ0n) is 14.5. The van der Waals surface area contributed by atoms with Gasteiger partial charge in [0, 0.05) is 18.4 Å². The highest BCUT2D eigenvalue weighted by molar-refractivity contribution is 5.96. The van der Waals surface area contributed by atoms with Crippen molar-refractivity contribution in [3.63, 3.8) is 0 Å². The predicted molar refractivity (Wildman–Crippen MR) is 94.6 cm³/mol. The number of aliphatic carboxylic acids is 1. The lowest BCUT2D eigenvalue weighted by Crippen LogP contribution is -2.05. The van der Waals surface area contributed by atoms with Crippen molar-refractivity contribution in [3.8, 4) is 11.5 Å². The molecule has 5 nitrogen and oxygen atoms in total. The first-order valence-electron chi connectivity index (χ1n) is 8.09. The lowest BCUT2D eigenvalue weighted by molar-refractivity contribution is -0.136. The molecule has 0 saturated carbocycles. The summed E-state index contributed by atoms with van der Waals surface area (Å²) in [5.74, 6) is 0.495. The van der Waals surface area contributed by atoms with E-state index in [0.717, 1.165) is 16.9 Å². The summed E-state index contributed by atoms with van der Waals surface area (Å²) in [7, 11) is 3.14. The maximum atomic E-state index is 12.5. The fourth-order valence-electron chi connectivity index (χ4n) is 2.69. The van der Waals surface area contributed by atoms with Crippen LogP contribution in [0.25, 0.3) is 0 Å². The van der Waals surface area contributed by atoms with Crippen LogP contribution in [0.3, 0.4) is 0 Å². The van der Waals surface area contributed by atoms with Crippen molar-refractivity contribution in [3.05, 3.63) is 59.2 Å². The molecule has 0 aromatic heterocycles. The Labute approximate surface area is 147 Å². The first-order valence-corrected chi connectivity index (χ1v) is 8.09. The van der Waals surface area contributed by atoms with Crippen LogP contribution in [0.4, 0.5) is 0 Å². The number of ether oxygens (including phenoxy) is 2. The third kappa shape index (κ3) is 5.08. The number of carboxylic acid groups (broad SMARTS) is 1. The van der Waals surface area contributed by atoms with E-state index >= 15 is 0 Å². The molecule has 0 amide bonds. The van der Waals surface area contributed by atoms with Crippen molar-refractivity contribution in [1.29, 1.82) is 0 Å². The van der Waals surface area contributed by atoms with Gasteiger partial charge in [-0.2, -0.15) is 0 Å². The smallest absolute Gasteiger partial charge is 0.303 e. The van der Waals surface area contributed by atoms with Gasteiger partial charge in [0.05, 0.1) is 14.2 Å². The van der Waals surface area contributed by atoms with E-state index in [1.165, 1.54) is 7.11 Å². The number of ketones is 1. The molecule has 5 heteroatoms. The zero-order chi connectivity index (χ0) is 18.2. The highest BCUT2D eigenvalue weighted by Gasteiger charge is 2.12. The van der Waals surface area contributed by atoms with Gasteiger partial charge in [-0.3, -0.25) is 9.59 Å². The van der Waals surface area contributed by atoms with E-state index in [-0.39, 0.29) is 12.2 Å². The van der Waals surface area contributed by atoms with Crippen LogP contribution in [0.2, 0.25) is 0 Å². The van der Waals surface area contributed by atoms with Gasteiger partial charge in [0.2, 0.25) is 0 Å². The fourth-order valence-corrected chi connectivity index (χ4v) is 2.69.